The molecule has 0 radical (unpaired) electrons. The quantitative estimate of drug-likeness (QED) is 0.0115. The number of hydrogen-bond acceptors (Lipinski definition) is 26. The molecule has 1 fully saturated rings. The third kappa shape index (κ3) is 48.8. The lowest BCUT2D eigenvalue weighted by molar-refractivity contribution is -0.140. The van der Waals surface area contributed by atoms with Gasteiger partial charge in [0.25, 0.3) is 11.8 Å². The van der Waals surface area contributed by atoms with E-state index >= 15 is 0 Å². The van der Waals surface area contributed by atoms with E-state index in [-0.39, 0.29) is 168 Å². The number of nitrogens with one attached hydrogen (secondary N) is 8. The number of amides is 12. The summed E-state index contributed by atoms with van der Waals surface area (Å²) >= 11 is 4.83. The molecule has 0 aromatic rings. The molecule has 2 aliphatic heterocycles. The van der Waals surface area contributed by atoms with Gasteiger partial charge < -0.3 is 99.4 Å². The van der Waals surface area contributed by atoms with Gasteiger partial charge in [-0.2, -0.15) is 44.2 Å². The summed E-state index contributed by atoms with van der Waals surface area (Å²) in [7, 11) is 6.20. The molecule has 544 valence electrons. The van der Waals surface area contributed by atoms with Gasteiger partial charge in [0.15, 0.2) is 0 Å². The van der Waals surface area contributed by atoms with Gasteiger partial charge in [0.05, 0.1) is 84.5 Å². The molecule has 0 aliphatic carbocycles. The third-order valence-corrected chi connectivity index (χ3v) is 13.1. The van der Waals surface area contributed by atoms with E-state index in [1.54, 1.807) is 33.8 Å². The number of methoxy groups -OCH3 is 4. The predicted octanol–water partition coefficient (Wildman–Crippen LogP) is -1.07. The molecule has 0 spiro atoms. The van der Waals surface area contributed by atoms with Crippen LogP contribution in [-0.2, 0) is 95.2 Å². The molecule has 0 bridgehead atoms. The summed E-state index contributed by atoms with van der Waals surface area (Å²) in [6, 6.07) is -1.88. The highest BCUT2D eigenvalue weighted by Crippen LogP contribution is 2.23. The molecule has 0 aromatic heterocycles. The predicted molar refractivity (Wildman–Crippen MR) is 357 cm³/mol. The summed E-state index contributed by atoms with van der Waals surface area (Å²) in [4.78, 5) is 147. The van der Waals surface area contributed by atoms with Crippen molar-refractivity contribution in [2.75, 3.05) is 199 Å². The highest BCUT2D eigenvalue weighted by atomic mass is 32.2. The molecule has 0 aromatic carbocycles. The summed E-state index contributed by atoms with van der Waals surface area (Å²) in [5.41, 5.74) is 0. The Kier molecular flexibility index (Phi) is 62.2. The first-order valence-electron chi connectivity index (χ1n) is 29.9. The van der Waals surface area contributed by atoms with E-state index in [1.807, 2.05) is 0 Å². The SMILES string of the molecule is COCCOCCOC(=O)NCCCCC(NC(=O)OCCOCCOC)C(=O)NCCNC(=O)CCN1C(=O)C=CC1=O.COCCOCCOC(=O)NCCCCC(NC(=O)OCCOCCOC)C(=O)NCCNC(=O)CCN1C(=O)CC(SC)C1=O.CS.P.P. The minimum atomic E-state index is -0.941. The summed E-state index contributed by atoms with van der Waals surface area (Å²) in [5.74, 6) is -3.28. The van der Waals surface area contributed by atoms with Crippen molar-refractivity contribution in [2.24, 2.45) is 0 Å². The number of nitrogens with zero attached hydrogens (tertiary/aromatic N) is 2. The fourth-order valence-electron chi connectivity index (χ4n) is 7.43. The van der Waals surface area contributed by atoms with E-state index in [0.29, 0.717) is 85.1 Å². The van der Waals surface area contributed by atoms with E-state index in [2.05, 4.69) is 55.2 Å². The molecular formula is C56H104N10O24P2S2. The van der Waals surface area contributed by atoms with Crippen molar-refractivity contribution >= 4 is 116 Å². The number of rotatable bonds is 51. The number of ether oxygens (including phenoxy) is 12. The Hall–Kier alpha value is -5.78. The number of hydrogen-bond donors (Lipinski definition) is 9. The van der Waals surface area contributed by atoms with Crippen molar-refractivity contribution in [3.8, 4) is 0 Å². The van der Waals surface area contributed by atoms with Crippen molar-refractivity contribution in [1.29, 1.82) is 0 Å². The van der Waals surface area contributed by atoms with Crippen LogP contribution in [0.2, 0.25) is 0 Å². The Morgan fingerprint density at radius 1 is 0.457 bits per heavy atom. The Balaban J connectivity index is -0.00000168. The zero-order valence-electron chi connectivity index (χ0n) is 55.2. The number of unbranched alkanes of at least 4 members (excludes halogenated alkanes) is 2. The molecule has 0 saturated carbocycles. The lowest BCUT2D eigenvalue weighted by Crippen LogP contribution is -2.48. The second-order valence-corrected chi connectivity index (χ2v) is 20.0. The van der Waals surface area contributed by atoms with Crippen LogP contribution in [0.1, 0.15) is 57.8 Å². The topological polar surface area (TPSA) is 418 Å². The molecule has 38 heteroatoms. The fourth-order valence-corrected chi connectivity index (χ4v) is 8.07. The van der Waals surface area contributed by atoms with Crippen LogP contribution in [0.4, 0.5) is 19.2 Å². The summed E-state index contributed by atoms with van der Waals surface area (Å²) < 4.78 is 60.5. The van der Waals surface area contributed by atoms with Gasteiger partial charge in [-0.1, -0.05) is 0 Å². The Morgan fingerprint density at radius 3 is 1.13 bits per heavy atom. The first kappa shape index (κ1) is 92.4. The molecule has 94 heavy (non-hydrogen) atoms. The van der Waals surface area contributed by atoms with Crippen molar-refractivity contribution in [2.45, 2.75) is 75.1 Å². The van der Waals surface area contributed by atoms with Gasteiger partial charge in [-0.05, 0) is 51.0 Å². The smallest absolute Gasteiger partial charge is 0.407 e. The molecule has 2 aliphatic rings. The maximum absolute atomic E-state index is 12.9. The van der Waals surface area contributed by atoms with E-state index < -0.39 is 71.2 Å². The van der Waals surface area contributed by atoms with Gasteiger partial charge in [0.1, 0.15) is 38.5 Å². The molecule has 2 heterocycles. The zero-order chi connectivity index (χ0) is 68.4. The highest BCUT2D eigenvalue weighted by molar-refractivity contribution is 8.00. The molecular weight excluding hydrogens is 1320 g/mol. The van der Waals surface area contributed by atoms with Gasteiger partial charge in [-0.15, -0.1) is 0 Å². The standard InChI is InChI=1S/C28H49N5O12S.C27H45N5O12.CH4S.2H3P/c1-40-12-14-42-16-18-44-27(38)31-8-5-4-6-21(32-28(39)45-19-17-43-15-13-41-2)25(36)30-10-9-29-23(34)7-11-33-24(35)20-22(46-3)26(33)37;1-39-13-15-41-17-19-43-26(37)30-9-4-3-5-21(31-27(38)44-20-18-42-16-14-40-2)25(36)29-11-10-28-22(33)8-12-32-23(34)6-7-24(32)35;1-2;;/h21-22H,4-20H2,1-3H3,(H,29,34)(H,30,36)(H,31,38)(H,32,39);6-7,21H,3-5,8-20H2,1-2H3,(H,28,33)(H,29,36)(H,30,37)(H,31,38);2H,1H3;2*1H3. The average molecular weight is 1430 g/mol. The van der Waals surface area contributed by atoms with E-state index in [0.717, 1.165) is 22.0 Å². The monoisotopic (exact) mass is 1430 g/mol. The van der Waals surface area contributed by atoms with E-state index in [9.17, 15) is 57.5 Å². The maximum atomic E-state index is 12.9. The van der Waals surface area contributed by atoms with Gasteiger partial charge in [0.2, 0.25) is 35.4 Å². The van der Waals surface area contributed by atoms with Crippen LogP contribution in [0.5, 0.6) is 0 Å². The first-order valence-corrected chi connectivity index (χ1v) is 32.1. The lowest BCUT2D eigenvalue weighted by atomic mass is 10.1. The molecule has 8 N–H and O–H groups in total. The Morgan fingerprint density at radius 2 is 0.787 bits per heavy atom. The normalized spacial score (nSPS) is 13.5. The second-order valence-electron chi connectivity index (χ2n) is 19.0. The number of carbonyl (C=O) groups excluding carboxylic acids is 12. The van der Waals surface area contributed by atoms with E-state index in [4.69, 9.17) is 56.8 Å². The highest BCUT2D eigenvalue weighted by Gasteiger charge is 2.38. The minimum Gasteiger partial charge on any atom is -0.447 e. The largest absolute Gasteiger partial charge is 0.447 e. The fraction of sp³-hybridized carbons (Fsp3) is 0.750. The molecule has 34 nitrogen and oxygen atoms in total. The number of imide groups is 2. The number of likely N-dealkylation sites (tertiary alicyclic amines) is 1. The molecule has 12 amide bonds. The molecule has 5 atom stereocenters. The van der Waals surface area contributed by atoms with Gasteiger partial charge in [-0.25, -0.2) is 19.2 Å². The van der Waals surface area contributed by atoms with Crippen molar-refractivity contribution in [3.63, 3.8) is 0 Å². The average Bonchev–Trinajstić information content (AvgIpc) is 2.24. The lowest BCUT2D eigenvalue weighted by Gasteiger charge is -2.19. The zero-order valence-corrected chi connectivity index (χ0v) is 59.7. The Bertz CT molecular complexity index is 2170. The van der Waals surface area contributed by atoms with Crippen molar-refractivity contribution < 1.29 is 114 Å². The summed E-state index contributed by atoms with van der Waals surface area (Å²) in [6.45, 7) is 5.00. The van der Waals surface area contributed by atoms with Crippen LogP contribution >= 0.6 is 44.2 Å². The summed E-state index contributed by atoms with van der Waals surface area (Å²) in [6.07, 6.45) is 5.38. The van der Waals surface area contributed by atoms with Crippen molar-refractivity contribution in [3.05, 3.63) is 12.2 Å². The van der Waals surface area contributed by atoms with Crippen molar-refractivity contribution in [1.82, 2.24) is 52.3 Å². The van der Waals surface area contributed by atoms with Crippen LogP contribution < -0.4 is 42.5 Å². The van der Waals surface area contributed by atoms with Crippen LogP contribution in [-0.4, -0.2) is 298 Å². The van der Waals surface area contributed by atoms with Crippen LogP contribution in [0, 0.1) is 0 Å². The summed E-state index contributed by atoms with van der Waals surface area (Å²) in [5, 5.41) is 20.4. The number of thioether (sulfide) groups is 1. The van der Waals surface area contributed by atoms with Crippen LogP contribution in [0.25, 0.3) is 0 Å². The number of thiol groups is 1. The maximum Gasteiger partial charge on any atom is 0.407 e. The van der Waals surface area contributed by atoms with Gasteiger partial charge >= 0.3 is 24.4 Å². The van der Waals surface area contributed by atoms with Crippen LogP contribution in [0.3, 0.4) is 0 Å². The van der Waals surface area contributed by atoms with E-state index in [1.165, 1.54) is 18.9 Å². The molecule has 1 saturated heterocycles. The first-order chi connectivity index (χ1) is 44.5. The minimum absolute atomic E-state index is 0. The van der Waals surface area contributed by atoms with Gasteiger partial charge in [0, 0.05) is 112 Å². The third-order valence-electron chi connectivity index (χ3n) is 12.2. The molecule has 5 unspecified atom stereocenters. The van der Waals surface area contributed by atoms with Gasteiger partial charge in [-0.3, -0.25) is 48.2 Å². The number of carbonyl (C=O) groups is 12. The molecule has 2 rings (SSSR count). The Labute approximate surface area is 566 Å². The van der Waals surface area contributed by atoms with Crippen LogP contribution in [0.15, 0.2) is 12.2 Å². The number of alkyl carbamates (subject to hydrolysis) is 4. The second kappa shape index (κ2) is 63.3.